The highest BCUT2D eigenvalue weighted by molar-refractivity contribution is 7.14. The van der Waals surface area contributed by atoms with Gasteiger partial charge in [-0.2, -0.15) is 0 Å². The van der Waals surface area contributed by atoms with Crippen LogP contribution < -0.4 is 15.5 Å². The number of pyridine rings is 1. The van der Waals surface area contributed by atoms with Gasteiger partial charge in [0, 0.05) is 38.9 Å². The van der Waals surface area contributed by atoms with Crippen molar-refractivity contribution in [1.82, 2.24) is 15.6 Å². The number of piperidine rings is 1. The molecule has 2 aromatic rings. The molecule has 0 aliphatic carbocycles. The number of nitrogens with one attached hydrogen (secondary N) is 2. The second-order valence-electron chi connectivity index (χ2n) is 6.10. The summed E-state index contributed by atoms with van der Waals surface area (Å²) in [5.41, 5.74) is 1.16. The van der Waals surface area contributed by atoms with Crippen LogP contribution in [-0.4, -0.2) is 43.7 Å². The normalized spacial score (nSPS) is 16.1. The summed E-state index contributed by atoms with van der Waals surface area (Å²) in [5.74, 6) is 0.872. The molecule has 0 bridgehead atoms. The van der Waals surface area contributed by atoms with Crippen molar-refractivity contribution in [2.24, 2.45) is 4.99 Å². The number of aromatic nitrogens is 1. The first-order valence-corrected chi connectivity index (χ1v) is 9.86. The van der Waals surface area contributed by atoms with Crippen LogP contribution in [0.2, 0.25) is 5.15 Å². The fraction of sp³-hybridized carbons (Fsp3) is 0.444. The summed E-state index contributed by atoms with van der Waals surface area (Å²) >= 11 is 7.63. The first kappa shape index (κ1) is 18.0. The highest BCUT2D eigenvalue weighted by Gasteiger charge is 2.20. The fourth-order valence-corrected chi connectivity index (χ4v) is 3.86. The molecule has 1 aliphatic heterocycles. The maximum Gasteiger partial charge on any atom is 0.191 e. The van der Waals surface area contributed by atoms with Crippen LogP contribution in [0.25, 0.3) is 0 Å². The SMILES string of the molecule is CN=C(NCCc1ccc(Cl)nc1)NC1CCN(c2cccs2)CC1. The van der Waals surface area contributed by atoms with Crippen molar-refractivity contribution < 1.29 is 0 Å². The molecule has 1 saturated heterocycles. The minimum Gasteiger partial charge on any atom is -0.363 e. The number of aliphatic imine (C=N–C) groups is 1. The molecule has 2 aromatic heterocycles. The molecule has 0 aromatic carbocycles. The molecule has 0 radical (unpaired) electrons. The Kier molecular flexibility index (Phi) is 6.53. The van der Waals surface area contributed by atoms with E-state index < -0.39 is 0 Å². The number of hydrogen-bond acceptors (Lipinski definition) is 4. The van der Waals surface area contributed by atoms with E-state index in [-0.39, 0.29) is 0 Å². The van der Waals surface area contributed by atoms with Gasteiger partial charge in [0.15, 0.2) is 5.96 Å². The van der Waals surface area contributed by atoms with Gasteiger partial charge in [0.25, 0.3) is 0 Å². The molecular formula is C18H24ClN5S. The predicted octanol–water partition coefficient (Wildman–Crippen LogP) is 3.17. The van der Waals surface area contributed by atoms with Gasteiger partial charge in [-0.25, -0.2) is 4.98 Å². The van der Waals surface area contributed by atoms with Crippen molar-refractivity contribution in [3.8, 4) is 0 Å². The molecule has 0 spiro atoms. The highest BCUT2D eigenvalue weighted by atomic mass is 35.5. The van der Waals surface area contributed by atoms with Crippen LogP contribution in [0.4, 0.5) is 5.00 Å². The van der Waals surface area contributed by atoms with Gasteiger partial charge in [0.05, 0.1) is 5.00 Å². The third-order valence-corrected chi connectivity index (χ3v) is 5.52. The lowest BCUT2D eigenvalue weighted by Crippen LogP contribution is -2.49. The van der Waals surface area contributed by atoms with Gasteiger partial charge in [-0.15, -0.1) is 11.3 Å². The van der Waals surface area contributed by atoms with Gasteiger partial charge in [0.2, 0.25) is 0 Å². The fourth-order valence-electron chi connectivity index (χ4n) is 2.96. The lowest BCUT2D eigenvalue weighted by Gasteiger charge is -2.33. The van der Waals surface area contributed by atoms with Crippen LogP contribution in [0, 0.1) is 0 Å². The van der Waals surface area contributed by atoms with Crippen molar-refractivity contribution >= 4 is 33.9 Å². The van der Waals surface area contributed by atoms with E-state index in [9.17, 15) is 0 Å². The third kappa shape index (κ3) is 5.34. The minimum absolute atomic E-state index is 0.472. The first-order chi connectivity index (χ1) is 12.2. The summed E-state index contributed by atoms with van der Waals surface area (Å²) in [7, 11) is 1.82. The molecule has 0 atom stereocenters. The molecule has 0 saturated carbocycles. The molecule has 1 fully saturated rings. The van der Waals surface area contributed by atoms with E-state index in [2.05, 4.69) is 43.0 Å². The number of rotatable bonds is 5. The largest absolute Gasteiger partial charge is 0.363 e. The topological polar surface area (TPSA) is 52.6 Å². The van der Waals surface area contributed by atoms with Gasteiger partial charge in [-0.05, 0) is 48.4 Å². The van der Waals surface area contributed by atoms with Crippen LogP contribution >= 0.6 is 22.9 Å². The first-order valence-electron chi connectivity index (χ1n) is 8.60. The lowest BCUT2D eigenvalue weighted by molar-refractivity contribution is 0.463. The Morgan fingerprint density at radius 3 is 2.84 bits per heavy atom. The van der Waals surface area contributed by atoms with Crippen molar-refractivity contribution in [3.05, 3.63) is 46.6 Å². The average molecular weight is 378 g/mol. The summed E-state index contributed by atoms with van der Waals surface area (Å²) in [4.78, 5) is 10.9. The zero-order chi connectivity index (χ0) is 17.5. The zero-order valence-electron chi connectivity index (χ0n) is 14.4. The Balaban J connectivity index is 1.40. The van der Waals surface area contributed by atoms with Gasteiger partial charge in [-0.3, -0.25) is 4.99 Å². The smallest absolute Gasteiger partial charge is 0.191 e. The minimum atomic E-state index is 0.472. The van der Waals surface area contributed by atoms with Gasteiger partial charge in [-0.1, -0.05) is 17.7 Å². The molecule has 1 aliphatic rings. The van der Waals surface area contributed by atoms with E-state index in [1.807, 2.05) is 36.7 Å². The number of anilines is 1. The Morgan fingerprint density at radius 1 is 1.36 bits per heavy atom. The van der Waals surface area contributed by atoms with Crippen LogP contribution in [0.15, 0.2) is 40.8 Å². The summed E-state index contributed by atoms with van der Waals surface area (Å²) in [6.07, 6.45) is 4.96. The van der Waals surface area contributed by atoms with Crippen molar-refractivity contribution in [2.75, 3.05) is 31.6 Å². The molecular weight excluding hydrogens is 354 g/mol. The van der Waals surface area contributed by atoms with E-state index in [0.717, 1.165) is 50.4 Å². The molecule has 2 N–H and O–H groups in total. The van der Waals surface area contributed by atoms with Crippen LogP contribution in [0.5, 0.6) is 0 Å². The summed E-state index contributed by atoms with van der Waals surface area (Å²) in [6.45, 7) is 2.99. The number of guanidine groups is 1. The van der Waals surface area contributed by atoms with E-state index >= 15 is 0 Å². The van der Waals surface area contributed by atoms with Crippen LogP contribution in [-0.2, 0) is 6.42 Å². The number of nitrogens with zero attached hydrogens (tertiary/aromatic N) is 3. The summed E-state index contributed by atoms with van der Waals surface area (Å²) in [5, 5.41) is 11.0. The Bertz CT molecular complexity index is 663. The van der Waals surface area contributed by atoms with E-state index in [1.54, 1.807) is 0 Å². The number of halogens is 1. The standard InChI is InChI=1S/C18H24ClN5S/c1-20-18(21-9-6-14-4-5-16(19)22-13-14)23-15-7-10-24(11-8-15)17-3-2-12-25-17/h2-5,12-13,15H,6-11H2,1H3,(H2,20,21,23). The monoisotopic (exact) mass is 377 g/mol. The molecule has 5 nitrogen and oxygen atoms in total. The molecule has 134 valence electrons. The van der Waals surface area contributed by atoms with Crippen LogP contribution in [0.3, 0.4) is 0 Å². The van der Waals surface area contributed by atoms with Gasteiger partial charge in [0.1, 0.15) is 5.15 Å². The van der Waals surface area contributed by atoms with Gasteiger partial charge < -0.3 is 15.5 Å². The van der Waals surface area contributed by atoms with Crippen molar-refractivity contribution in [1.29, 1.82) is 0 Å². The molecule has 25 heavy (non-hydrogen) atoms. The van der Waals surface area contributed by atoms with Crippen LogP contribution in [0.1, 0.15) is 18.4 Å². The molecule has 3 rings (SSSR count). The predicted molar refractivity (Wildman–Crippen MR) is 107 cm³/mol. The van der Waals surface area contributed by atoms with E-state index in [1.165, 1.54) is 5.00 Å². The summed E-state index contributed by atoms with van der Waals surface area (Å²) in [6, 6.07) is 8.62. The maximum atomic E-state index is 5.81. The number of hydrogen-bond donors (Lipinski definition) is 2. The van der Waals surface area contributed by atoms with Crippen molar-refractivity contribution in [3.63, 3.8) is 0 Å². The third-order valence-electron chi connectivity index (χ3n) is 4.37. The number of thiophene rings is 1. The van der Waals surface area contributed by atoms with Crippen molar-refractivity contribution in [2.45, 2.75) is 25.3 Å². The van der Waals surface area contributed by atoms with Gasteiger partial charge >= 0.3 is 0 Å². The quantitative estimate of drug-likeness (QED) is 0.477. The second kappa shape index (κ2) is 9.06. The molecule has 0 unspecified atom stereocenters. The van der Waals surface area contributed by atoms with E-state index in [0.29, 0.717) is 11.2 Å². The second-order valence-corrected chi connectivity index (χ2v) is 7.41. The molecule has 0 amide bonds. The highest BCUT2D eigenvalue weighted by Crippen LogP contribution is 2.24. The Labute approximate surface area is 158 Å². The Hall–Kier alpha value is -1.79. The molecule has 3 heterocycles. The zero-order valence-corrected chi connectivity index (χ0v) is 16.0. The average Bonchev–Trinajstić information content (AvgIpc) is 3.18. The molecule has 7 heteroatoms. The maximum absolute atomic E-state index is 5.81. The summed E-state index contributed by atoms with van der Waals surface area (Å²) < 4.78 is 0. The lowest BCUT2D eigenvalue weighted by atomic mass is 10.1. The van der Waals surface area contributed by atoms with E-state index in [4.69, 9.17) is 11.6 Å². The Morgan fingerprint density at radius 2 is 2.20 bits per heavy atom.